The van der Waals surface area contributed by atoms with E-state index in [2.05, 4.69) is 19.1 Å². The zero-order valence-corrected chi connectivity index (χ0v) is 13.2. The highest BCUT2D eigenvalue weighted by Gasteiger charge is 1.95. The van der Waals surface area contributed by atoms with Gasteiger partial charge in [-0.15, -0.1) is 0 Å². The van der Waals surface area contributed by atoms with Crippen molar-refractivity contribution in [1.82, 2.24) is 0 Å². The Hall–Kier alpha value is -0.440. The van der Waals surface area contributed by atoms with Crippen LogP contribution in [0.3, 0.4) is 0 Å². The van der Waals surface area contributed by atoms with Crippen molar-refractivity contribution in [2.45, 2.75) is 71.1 Å². The molecule has 0 aromatic rings. The van der Waals surface area contributed by atoms with Crippen LogP contribution >= 0.6 is 11.8 Å². The van der Waals surface area contributed by atoms with Crippen molar-refractivity contribution in [2.75, 3.05) is 11.5 Å². The van der Waals surface area contributed by atoms with Crippen molar-refractivity contribution in [1.29, 1.82) is 0 Å². The van der Waals surface area contributed by atoms with Crippen molar-refractivity contribution >= 4 is 17.7 Å². The quantitative estimate of drug-likeness (QED) is 0.348. The molecule has 0 fully saturated rings. The van der Waals surface area contributed by atoms with Gasteiger partial charge >= 0.3 is 5.97 Å². The van der Waals surface area contributed by atoms with Crippen LogP contribution in [0.4, 0.5) is 0 Å². The molecular formula is C16H30O2S. The van der Waals surface area contributed by atoms with Gasteiger partial charge in [0.05, 0.1) is 5.75 Å². The molecule has 0 amide bonds. The first-order valence-corrected chi connectivity index (χ1v) is 8.87. The number of aliphatic carboxylic acids is 1. The molecule has 0 saturated carbocycles. The number of carboxylic acids is 1. The minimum Gasteiger partial charge on any atom is -0.481 e. The molecule has 0 heterocycles. The minimum atomic E-state index is -0.702. The maximum absolute atomic E-state index is 10.3. The highest BCUT2D eigenvalue weighted by atomic mass is 32.2. The molecule has 0 aliphatic carbocycles. The summed E-state index contributed by atoms with van der Waals surface area (Å²) in [6.07, 6.45) is 17.4. The number of rotatable bonds is 14. The molecular weight excluding hydrogens is 256 g/mol. The SMILES string of the molecule is CCCCCCCC=CCCCCCSCC(=O)O. The van der Waals surface area contributed by atoms with Crippen molar-refractivity contribution < 1.29 is 9.90 Å². The zero-order valence-electron chi connectivity index (χ0n) is 12.4. The Kier molecular flexibility index (Phi) is 15.3. The number of allylic oxidation sites excluding steroid dienone is 2. The smallest absolute Gasteiger partial charge is 0.313 e. The summed E-state index contributed by atoms with van der Waals surface area (Å²) in [7, 11) is 0. The highest BCUT2D eigenvalue weighted by molar-refractivity contribution is 7.99. The molecule has 112 valence electrons. The van der Waals surface area contributed by atoms with Crippen LogP contribution in [-0.4, -0.2) is 22.6 Å². The predicted molar refractivity (Wildman–Crippen MR) is 85.9 cm³/mol. The number of thioether (sulfide) groups is 1. The fourth-order valence-electron chi connectivity index (χ4n) is 1.90. The normalized spacial score (nSPS) is 11.2. The summed E-state index contributed by atoms with van der Waals surface area (Å²) in [6, 6.07) is 0. The molecule has 2 nitrogen and oxygen atoms in total. The molecule has 0 saturated heterocycles. The van der Waals surface area contributed by atoms with E-state index >= 15 is 0 Å². The van der Waals surface area contributed by atoms with E-state index < -0.39 is 5.97 Å². The monoisotopic (exact) mass is 286 g/mol. The Labute approximate surface area is 123 Å². The van der Waals surface area contributed by atoms with Crippen LogP contribution in [0, 0.1) is 0 Å². The van der Waals surface area contributed by atoms with E-state index in [1.165, 1.54) is 69.5 Å². The topological polar surface area (TPSA) is 37.3 Å². The molecule has 19 heavy (non-hydrogen) atoms. The Balaban J connectivity index is 3.06. The summed E-state index contributed by atoms with van der Waals surface area (Å²) < 4.78 is 0. The first kappa shape index (κ1) is 18.6. The molecule has 0 radical (unpaired) electrons. The van der Waals surface area contributed by atoms with E-state index in [1.54, 1.807) is 0 Å². The lowest BCUT2D eigenvalue weighted by Crippen LogP contribution is -1.98. The Morgan fingerprint density at radius 3 is 2.11 bits per heavy atom. The molecule has 1 N–H and O–H groups in total. The minimum absolute atomic E-state index is 0.248. The third kappa shape index (κ3) is 17.6. The van der Waals surface area contributed by atoms with Crippen LogP contribution in [-0.2, 0) is 4.79 Å². The van der Waals surface area contributed by atoms with E-state index in [1.807, 2.05) is 0 Å². The molecule has 0 bridgehead atoms. The van der Waals surface area contributed by atoms with Gasteiger partial charge in [-0.25, -0.2) is 0 Å². The molecule has 0 atom stereocenters. The van der Waals surface area contributed by atoms with Crippen LogP contribution in [0.1, 0.15) is 71.1 Å². The summed E-state index contributed by atoms with van der Waals surface area (Å²) >= 11 is 1.53. The number of hydrogen-bond donors (Lipinski definition) is 1. The second-order valence-electron chi connectivity index (χ2n) is 4.97. The standard InChI is InChI=1S/C16H30O2S/c1-2-3-4-5-6-7-8-9-10-11-12-13-14-19-15-16(17)18/h8-9H,2-7,10-15H2,1H3,(H,17,18). The second-order valence-corrected chi connectivity index (χ2v) is 6.08. The molecule has 0 unspecified atom stereocenters. The van der Waals surface area contributed by atoms with Crippen molar-refractivity contribution in [3.05, 3.63) is 12.2 Å². The Bertz CT molecular complexity index is 227. The van der Waals surface area contributed by atoms with Crippen molar-refractivity contribution in [3.63, 3.8) is 0 Å². The van der Waals surface area contributed by atoms with Gasteiger partial charge in [0.2, 0.25) is 0 Å². The predicted octanol–water partition coefficient (Wildman–Crippen LogP) is 5.28. The molecule has 0 spiro atoms. The van der Waals surface area contributed by atoms with Gasteiger partial charge in [-0.2, -0.15) is 11.8 Å². The van der Waals surface area contributed by atoms with Gasteiger partial charge in [-0.05, 0) is 37.9 Å². The van der Waals surface area contributed by atoms with Gasteiger partial charge in [-0.1, -0.05) is 51.2 Å². The number of carboxylic acid groups (broad SMARTS) is 1. The lowest BCUT2D eigenvalue weighted by Gasteiger charge is -1.98. The second kappa shape index (κ2) is 15.6. The fourth-order valence-corrected chi connectivity index (χ4v) is 2.63. The number of hydrogen-bond acceptors (Lipinski definition) is 2. The summed E-state index contributed by atoms with van der Waals surface area (Å²) in [5.74, 6) is 0.526. The van der Waals surface area contributed by atoms with Crippen molar-refractivity contribution in [3.8, 4) is 0 Å². The highest BCUT2D eigenvalue weighted by Crippen LogP contribution is 2.09. The van der Waals surface area contributed by atoms with Gasteiger partial charge in [0.25, 0.3) is 0 Å². The molecule has 0 aromatic carbocycles. The molecule has 0 rings (SSSR count). The van der Waals surface area contributed by atoms with Crippen LogP contribution in [0.2, 0.25) is 0 Å². The average molecular weight is 286 g/mol. The van der Waals surface area contributed by atoms with Crippen LogP contribution in [0.15, 0.2) is 12.2 Å². The number of carbonyl (C=O) groups is 1. The van der Waals surface area contributed by atoms with Gasteiger partial charge in [0.15, 0.2) is 0 Å². The van der Waals surface area contributed by atoms with E-state index in [-0.39, 0.29) is 5.75 Å². The molecule has 3 heteroatoms. The maximum atomic E-state index is 10.3. The van der Waals surface area contributed by atoms with Crippen LogP contribution in [0.25, 0.3) is 0 Å². The van der Waals surface area contributed by atoms with Crippen molar-refractivity contribution in [2.24, 2.45) is 0 Å². The molecule has 0 aliphatic heterocycles. The summed E-state index contributed by atoms with van der Waals surface area (Å²) in [6.45, 7) is 2.25. The third-order valence-corrected chi connectivity index (χ3v) is 4.05. The maximum Gasteiger partial charge on any atom is 0.313 e. The van der Waals surface area contributed by atoms with Gasteiger partial charge in [-0.3, -0.25) is 4.79 Å². The average Bonchev–Trinajstić information content (AvgIpc) is 2.39. The summed E-state index contributed by atoms with van der Waals surface area (Å²) in [4.78, 5) is 10.3. The largest absolute Gasteiger partial charge is 0.481 e. The third-order valence-electron chi connectivity index (χ3n) is 3.03. The van der Waals surface area contributed by atoms with E-state index in [9.17, 15) is 4.79 Å². The van der Waals surface area contributed by atoms with E-state index in [0.29, 0.717) is 0 Å². The lowest BCUT2D eigenvalue weighted by molar-refractivity contribution is -0.133. The summed E-state index contributed by atoms with van der Waals surface area (Å²) in [5, 5.41) is 8.47. The number of unbranched alkanes of at least 4 members (excludes halogenated alkanes) is 8. The Morgan fingerprint density at radius 1 is 0.947 bits per heavy atom. The Morgan fingerprint density at radius 2 is 1.53 bits per heavy atom. The zero-order chi connectivity index (χ0) is 14.2. The molecule has 0 aromatic heterocycles. The molecule has 0 aliphatic rings. The summed E-state index contributed by atoms with van der Waals surface area (Å²) in [5.41, 5.74) is 0. The first-order chi connectivity index (χ1) is 9.27. The van der Waals surface area contributed by atoms with Gasteiger partial charge < -0.3 is 5.11 Å². The van der Waals surface area contributed by atoms with E-state index in [4.69, 9.17) is 5.11 Å². The van der Waals surface area contributed by atoms with Crippen LogP contribution < -0.4 is 0 Å². The first-order valence-electron chi connectivity index (χ1n) is 7.72. The fraction of sp³-hybridized carbons (Fsp3) is 0.812. The van der Waals surface area contributed by atoms with E-state index in [0.717, 1.165) is 12.2 Å². The lowest BCUT2D eigenvalue weighted by atomic mass is 10.1. The van der Waals surface area contributed by atoms with Crippen LogP contribution in [0.5, 0.6) is 0 Å². The van der Waals surface area contributed by atoms with Gasteiger partial charge in [0.1, 0.15) is 0 Å². The van der Waals surface area contributed by atoms with Gasteiger partial charge in [0, 0.05) is 0 Å².